The molecular weight excluding hydrogens is 312 g/mol. The van der Waals surface area contributed by atoms with Gasteiger partial charge in [0.15, 0.2) is 5.72 Å². The van der Waals surface area contributed by atoms with Crippen LogP contribution in [0.15, 0.2) is 77.9 Å². The number of carbonyl (C=O) groups excluding carboxylic acids is 1. The first-order chi connectivity index (χ1) is 12.1. The lowest BCUT2D eigenvalue weighted by atomic mass is 9.93. The number of aliphatic hydroxyl groups is 1. The molecule has 0 radical (unpaired) electrons. The van der Waals surface area contributed by atoms with Crippen LogP contribution in [0.5, 0.6) is 0 Å². The van der Waals surface area contributed by atoms with Gasteiger partial charge >= 0.3 is 0 Å². The molecule has 1 heterocycles. The summed E-state index contributed by atoms with van der Waals surface area (Å²) in [4.78, 5) is 12.1. The van der Waals surface area contributed by atoms with Crippen LogP contribution in [0.25, 0.3) is 10.8 Å². The monoisotopic (exact) mass is 330 g/mol. The van der Waals surface area contributed by atoms with Crippen LogP contribution in [0.4, 0.5) is 0 Å². The summed E-state index contributed by atoms with van der Waals surface area (Å²) in [5, 5.41) is 19.1. The van der Waals surface area contributed by atoms with Crippen LogP contribution >= 0.6 is 0 Å². The van der Waals surface area contributed by atoms with E-state index in [0.717, 1.165) is 16.3 Å². The third-order valence-electron chi connectivity index (χ3n) is 4.60. The molecule has 4 nitrogen and oxygen atoms in total. The van der Waals surface area contributed by atoms with Gasteiger partial charge in [-0.15, -0.1) is 0 Å². The number of hydrazone groups is 1. The fraction of sp³-hybridized carbons (Fsp3) is 0.143. The molecule has 0 spiro atoms. The fourth-order valence-electron chi connectivity index (χ4n) is 3.33. The number of fused-ring (bicyclic) bond motifs is 1. The van der Waals surface area contributed by atoms with Gasteiger partial charge in [0.2, 0.25) is 5.91 Å². The molecule has 1 aliphatic heterocycles. The van der Waals surface area contributed by atoms with E-state index in [1.165, 1.54) is 11.9 Å². The molecule has 3 aromatic carbocycles. The average Bonchev–Trinajstić information content (AvgIpc) is 3.01. The maximum atomic E-state index is 12.1. The highest BCUT2D eigenvalue weighted by Crippen LogP contribution is 2.38. The van der Waals surface area contributed by atoms with Crippen LogP contribution in [-0.2, 0) is 10.5 Å². The standard InChI is InChI=1S/C21H18N2O2/c1-15(24)23-21(25,14-20(22-23)17-8-3-2-4-9-17)19-12-11-16-7-5-6-10-18(16)13-19/h2-13,25H,14H2,1H3. The second-order valence-corrected chi connectivity index (χ2v) is 6.30. The molecule has 25 heavy (non-hydrogen) atoms. The molecule has 1 aliphatic rings. The first-order valence-electron chi connectivity index (χ1n) is 8.23. The molecule has 1 amide bonds. The molecule has 0 bridgehead atoms. The Labute approximate surface area is 146 Å². The van der Waals surface area contributed by atoms with Crippen molar-refractivity contribution in [2.24, 2.45) is 5.10 Å². The summed E-state index contributed by atoms with van der Waals surface area (Å²) < 4.78 is 0. The van der Waals surface area contributed by atoms with Crippen molar-refractivity contribution in [1.29, 1.82) is 0 Å². The Morgan fingerprint density at radius 1 is 1.00 bits per heavy atom. The minimum atomic E-state index is -1.47. The second-order valence-electron chi connectivity index (χ2n) is 6.30. The number of benzene rings is 3. The number of nitrogens with zero attached hydrogens (tertiary/aromatic N) is 2. The van der Waals surface area contributed by atoms with Crippen LogP contribution in [0, 0.1) is 0 Å². The van der Waals surface area contributed by atoms with Crippen molar-refractivity contribution >= 4 is 22.4 Å². The summed E-state index contributed by atoms with van der Waals surface area (Å²) in [5.74, 6) is -0.290. The summed E-state index contributed by atoms with van der Waals surface area (Å²) in [7, 11) is 0. The van der Waals surface area contributed by atoms with Crippen molar-refractivity contribution in [3.05, 3.63) is 83.9 Å². The fourth-order valence-corrected chi connectivity index (χ4v) is 3.33. The number of amides is 1. The van der Waals surface area contributed by atoms with E-state index in [9.17, 15) is 9.90 Å². The molecule has 0 saturated heterocycles. The van der Waals surface area contributed by atoms with Gasteiger partial charge in [-0.3, -0.25) is 4.79 Å². The zero-order valence-electron chi connectivity index (χ0n) is 13.9. The highest BCUT2D eigenvalue weighted by atomic mass is 16.3. The summed E-state index contributed by atoms with van der Waals surface area (Å²) in [6.07, 6.45) is 0.259. The quantitative estimate of drug-likeness (QED) is 0.780. The number of rotatable bonds is 2. The molecule has 0 aromatic heterocycles. The Morgan fingerprint density at radius 3 is 2.40 bits per heavy atom. The Hall–Kier alpha value is -2.98. The first kappa shape index (κ1) is 15.5. The van der Waals surface area contributed by atoms with E-state index in [1.54, 1.807) is 0 Å². The third kappa shape index (κ3) is 2.61. The van der Waals surface area contributed by atoms with Crippen molar-refractivity contribution in [3.8, 4) is 0 Å². The van der Waals surface area contributed by atoms with E-state index < -0.39 is 5.72 Å². The van der Waals surface area contributed by atoms with Crippen LogP contribution in [0.1, 0.15) is 24.5 Å². The lowest BCUT2D eigenvalue weighted by Crippen LogP contribution is -2.42. The molecule has 124 valence electrons. The van der Waals surface area contributed by atoms with Gasteiger partial charge in [0.05, 0.1) is 5.71 Å². The maximum Gasteiger partial charge on any atom is 0.242 e. The van der Waals surface area contributed by atoms with Gasteiger partial charge in [0.1, 0.15) is 0 Å². The molecule has 1 unspecified atom stereocenters. The molecular formula is C21H18N2O2. The molecule has 3 aromatic rings. The van der Waals surface area contributed by atoms with E-state index in [-0.39, 0.29) is 12.3 Å². The predicted octanol–water partition coefficient (Wildman–Crippen LogP) is 3.64. The maximum absolute atomic E-state index is 12.1. The van der Waals surface area contributed by atoms with Crippen molar-refractivity contribution in [2.45, 2.75) is 19.1 Å². The molecule has 0 saturated carbocycles. The van der Waals surface area contributed by atoms with E-state index in [0.29, 0.717) is 11.3 Å². The largest absolute Gasteiger partial charge is 0.365 e. The molecule has 4 heteroatoms. The summed E-state index contributed by atoms with van der Waals surface area (Å²) in [5.41, 5.74) is 0.800. The lowest BCUT2D eigenvalue weighted by Gasteiger charge is -2.31. The Morgan fingerprint density at radius 2 is 1.68 bits per heavy atom. The van der Waals surface area contributed by atoms with Crippen molar-refractivity contribution < 1.29 is 9.90 Å². The van der Waals surface area contributed by atoms with Crippen LogP contribution in [0.3, 0.4) is 0 Å². The van der Waals surface area contributed by atoms with Gasteiger partial charge in [0.25, 0.3) is 0 Å². The molecule has 1 atom stereocenters. The van der Waals surface area contributed by atoms with Gasteiger partial charge in [-0.05, 0) is 22.4 Å². The summed E-state index contributed by atoms with van der Waals surface area (Å²) in [6, 6.07) is 23.3. The van der Waals surface area contributed by atoms with Gasteiger partial charge in [-0.25, -0.2) is 0 Å². The van der Waals surface area contributed by atoms with Crippen molar-refractivity contribution in [2.75, 3.05) is 0 Å². The topological polar surface area (TPSA) is 52.9 Å². The SMILES string of the molecule is CC(=O)N1N=C(c2ccccc2)CC1(O)c1ccc2ccccc2c1. The molecule has 1 N–H and O–H groups in total. The third-order valence-corrected chi connectivity index (χ3v) is 4.60. The highest BCUT2D eigenvalue weighted by Gasteiger charge is 2.45. The van der Waals surface area contributed by atoms with Crippen LogP contribution < -0.4 is 0 Å². The highest BCUT2D eigenvalue weighted by molar-refractivity contribution is 6.03. The lowest BCUT2D eigenvalue weighted by molar-refractivity contribution is -0.155. The Bertz CT molecular complexity index is 981. The van der Waals surface area contributed by atoms with Crippen molar-refractivity contribution in [3.63, 3.8) is 0 Å². The zero-order valence-corrected chi connectivity index (χ0v) is 13.9. The van der Waals surface area contributed by atoms with E-state index in [1.807, 2.05) is 72.8 Å². The Kier molecular flexibility index (Phi) is 3.62. The minimum absolute atomic E-state index is 0.259. The predicted molar refractivity (Wildman–Crippen MR) is 98.0 cm³/mol. The number of hydrogen-bond acceptors (Lipinski definition) is 3. The zero-order chi connectivity index (χ0) is 17.4. The number of hydrogen-bond donors (Lipinski definition) is 1. The molecule has 0 fully saturated rings. The van der Waals surface area contributed by atoms with Gasteiger partial charge in [-0.1, -0.05) is 66.7 Å². The minimum Gasteiger partial charge on any atom is -0.365 e. The van der Waals surface area contributed by atoms with E-state index in [4.69, 9.17) is 0 Å². The van der Waals surface area contributed by atoms with Gasteiger partial charge in [-0.2, -0.15) is 10.1 Å². The van der Waals surface area contributed by atoms with E-state index in [2.05, 4.69) is 5.10 Å². The molecule has 4 rings (SSSR count). The summed E-state index contributed by atoms with van der Waals surface area (Å²) >= 11 is 0. The van der Waals surface area contributed by atoms with E-state index >= 15 is 0 Å². The van der Waals surface area contributed by atoms with Gasteiger partial charge < -0.3 is 5.11 Å². The Balaban J connectivity index is 1.80. The molecule has 0 aliphatic carbocycles. The smallest absolute Gasteiger partial charge is 0.242 e. The van der Waals surface area contributed by atoms with Crippen molar-refractivity contribution in [1.82, 2.24) is 5.01 Å². The average molecular weight is 330 g/mol. The normalized spacial score (nSPS) is 19.9. The first-order valence-corrected chi connectivity index (χ1v) is 8.23. The number of carbonyl (C=O) groups is 1. The van der Waals surface area contributed by atoms with Gasteiger partial charge in [0, 0.05) is 18.9 Å². The van der Waals surface area contributed by atoms with Crippen LogP contribution in [0.2, 0.25) is 0 Å². The second kappa shape index (κ2) is 5.83. The van der Waals surface area contributed by atoms with Crippen LogP contribution in [-0.4, -0.2) is 21.7 Å². The summed E-state index contributed by atoms with van der Waals surface area (Å²) in [6.45, 7) is 1.42.